The van der Waals surface area contributed by atoms with Gasteiger partial charge in [0.1, 0.15) is 11.5 Å². The van der Waals surface area contributed by atoms with Crippen molar-refractivity contribution in [2.45, 2.75) is 77.0 Å². The summed E-state index contributed by atoms with van der Waals surface area (Å²) in [4.78, 5) is 11.2. The molecule has 4 aromatic heterocycles. The molecule has 3 N–H and O–H groups in total. The zero-order chi connectivity index (χ0) is 23.1. The Hall–Kier alpha value is -2.88. The highest BCUT2D eigenvalue weighted by molar-refractivity contribution is 5.42. The summed E-state index contributed by atoms with van der Waals surface area (Å²) in [6.45, 7) is 17.9. The van der Waals surface area contributed by atoms with Crippen molar-refractivity contribution in [3.05, 3.63) is 94.2 Å². The number of H-pyrrole nitrogens is 3. The first-order valence-corrected chi connectivity index (χ1v) is 11.6. The van der Waals surface area contributed by atoms with Crippen LogP contribution < -0.4 is 0 Å². The van der Waals surface area contributed by atoms with Gasteiger partial charge in [-0.1, -0.05) is 0 Å². The third kappa shape index (κ3) is 2.81. The van der Waals surface area contributed by atoms with E-state index >= 15 is 0 Å². The molecule has 0 fully saturated rings. The Morgan fingerprint density at radius 1 is 0.406 bits per heavy atom. The van der Waals surface area contributed by atoms with Gasteiger partial charge in [-0.15, -0.1) is 0 Å². The summed E-state index contributed by atoms with van der Waals surface area (Å²) >= 11 is 0. The predicted octanol–water partition coefficient (Wildman–Crippen LogP) is 6.88. The van der Waals surface area contributed by atoms with Crippen LogP contribution in [0.2, 0.25) is 0 Å². The molecule has 4 nitrogen and oxygen atoms in total. The molecule has 4 heteroatoms. The first kappa shape index (κ1) is 21.0. The molecule has 0 atom stereocenters. The van der Waals surface area contributed by atoms with Crippen molar-refractivity contribution in [1.29, 1.82) is 0 Å². The fourth-order valence-corrected chi connectivity index (χ4v) is 4.94. The number of fused-ring (bicyclic) bond motifs is 8. The van der Waals surface area contributed by atoms with Crippen LogP contribution in [0.15, 0.2) is 52.9 Å². The monoisotopic (exact) mass is 429 g/mol. The zero-order valence-electron chi connectivity index (χ0n) is 20.5. The number of furan rings is 1. The number of hydrogen-bond acceptors (Lipinski definition) is 1. The van der Waals surface area contributed by atoms with E-state index in [-0.39, 0.29) is 21.7 Å². The van der Waals surface area contributed by atoms with E-state index in [0.717, 1.165) is 22.9 Å². The largest absolute Gasteiger partial charge is 0.464 e. The van der Waals surface area contributed by atoms with Crippen molar-refractivity contribution in [3.8, 4) is 0 Å². The molecule has 1 aliphatic rings. The van der Waals surface area contributed by atoms with Crippen molar-refractivity contribution >= 4 is 0 Å². The lowest BCUT2D eigenvalue weighted by Crippen LogP contribution is -2.25. The lowest BCUT2D eigenvalue weighted by Gasteiger charge is -2.27. The summed E-state index contributed by atoms with van der Waals surface area (Å²) in [6, 6.07) is 17.5. The lowest BCUT2D eigenvalue weighted by molar-refractivity contribution is 0.358. The van der Waals surface area contributed by atoms with E-state index in [0.29, 0.717) is 0 Å². The first-order chi connectivity index (χ1) is 14.8. The van der Waals surface area contributed by atoms with Gasteiger partial charge in [-0.3, -0.25) is 0 Å². The number of rotatable bonds is 0. The molecular weight excluding hydrogens is 394 g/mol. The van der Waals surface area contributed by atoms with E-state index in [2.05, 4.69) is 119 Å². The van der Waals surface area contributed by atoms with Crippen molar-refractivity contribution < 1.29 is 4.42 Å². The maximum Gasteiger partial charge on any atom is 0.115 e. The molecule has 8 bridgehead atoms. The maximum absolute atomic E-state index is 6.53. The molecule has 1 aliphatic heterocycles. The fraction of sp³-hybridized carbons (Fsp3) is 0.429. The SMILES string of the molecule is CC1(C)c2ccc([nH]2)C(C)(C)c2ccc([nH]2)C(C)(C)c2ccc(o2)C(C)(C)c2ccc1[nH]2. The van der Waals surface area contributed by atoms with Crippen LogP contribution in [0, 0.1) is 0 Å². The molecule has 5 heterocycles. The summed E-state index contributed by atoms with van der Waals surface area (Å²) in [7, 11) is 0. The number of aromatic amines is 3. The molecule has 0 spiro atoms. The molecule has 0 unspecified atom stereocenters. The minimum atomic E-state index is -0.274. The summed E-state index contributed by atoms with van der Waals surface area (Å²) in [5, 5.41) is 0. The number of hydrogen-bond donors (Lipinski definition) is 3. The minimum Gasteiger partial charge on any atom is -0.464 e. The van der Waals surface area contributed by atoms with Crippen LogP contribution in [0.3, 0.4) is 0 Å². The second-order valence-electron chi connectivity index (χ2n) is 11.5. The van der Waals surface area contributed by atoms with Crippen LogP contribution >= 0.6 is 0 Å². The third-order valence-electron chi connectivity index (χ3n) is 7.94. The number of nitrogens with one attached hydrogen (secondary N) is 3. The Bertz CT molecular complexity index is 1000. The summed E-state index contributed by atoms with van der Waals surface area (Å²) in [5.41, 5.74) is 6.17. The van der Waals surface area contributed by atoms with Crippen LogP contribution in [0.1, 0.15) is 101 Å². The van der Waals surface area contributed by atoms with E-state index in [1.165, 1.54) is 22.8 Å². The van der Waals surface area contributed by atoms with E-state index in [1.807, 2.05) is 0 Å². The van der Waals surface area contributed by atoms with Gasteiger partial charge in [0.05, 0.1) is 10.8 Å². The van der Waals surface area contributed by atoms with Gasteiger partial charge in [0.15, 0.2) is 0 Å². The highest BCUT2D eigenvalue weighted by Crippen LogP contribution is 2.41. The topological polar surface area (TPSA) is 60.5 Å². The first-order valence-electron chi connectivity index (χ1n) is 11.6. The fourth-order valence-electron chi connectivity index (χ4n) is 4.94. The zero-order valence-corrected chi connectivity index (χ0v) is 20.5. The van der Waals surface area contributed by atoms with Gasteiger partial charge in [-0.25, -0.2) is 0 Å². The Labute approximate surface area is 190 Å². The average molecular weight is 430 g/mol. The van der Waals surface area contributed by atoms with Gasteiger partial charge in [-0.05, 0) is 104 Å². The van der Waals surface area contributed by atoms with E-state index < -0.39 is 0 Å². The molecule has 5 rings (SSSR count). The Balaban J connectivity index is 1.76. The van der Waals surface area contributed by atoms with E-state index in [9.17, 15) is 0 Å². The van der Waals surface area contributed by atoms with E-state index in [1.54, 1.807) is 0 Å². The Morgan fingerprint density at radius 3 is 0.938 bits per heavy atom. The predicted molar refractivity (Wildman–Crippen MR) is 130 cm³/mol. The lowest BCUT2D eigenvalue weighted by atomic mass is 9.85. The van der Waals surface area contributed by atoms with Crippen molar-refractivity contribution in [3.63, 3.8) is 0 Å². The summed E-state index contributed by atoms with van der Waals surface area (Å²) in [5.74, 6) is 1.93. The number of aromatic nitrogens is 3. The molecule has 4 aromatic rings. The standard InChI is InChI=1S/C28H35N3O/c1-25(2)17-9-10-18(29-17)26(3,4)20-12-14-22(31-20)28(7,8)24-16-15-23(32-24)27(5,6)21-13-11-19(25)30-21/h9-16,29-31H,1-8H3. The molecule has 32 heavy (non-hydrogen) atoms. The molecule has 0 amide bonds. The third-order valence-corrected chi connectivity index (χ3v) is 7.94. The van der Waals surface area contributed by atoms with Crippen molar-refractivity contribution in [1.82, 2.24) is 15.0 Å². The van der Waals surface area contributed by atoms with Crippen molar-refractivity contribution in [2.75, 3.05) is 0 Å². The highest BCUT2D eigenvalue weighted by atomic mass is 16.3. The van der Waals surface area contributed by atoms with Crippen LogP contribution in [-0.4, -0.2) is 15.0 Å². The smallest absolute Gasteiger partial charge is 0.115 e. The Kier molecular flexibility index (Phi) is 4.16. The maximum atomic E-state index is 6.53. The minimum absolute atomic E-state index is 0.184. The molecule has 0 radical (unpaired) electrons. The van der Waals surface area contributed by atoms with Gasteiger partial charge in [0.25, 0.3) is 0 Å². The molecule has 0 aromatic carbocycles. The van der Waals surface area contributed by atoms with Gasteiger partial charge < -0.3 is 19.4 Å². The molecule has 0 saturated heterocycles. The summed E-state index contributed by atoms with van der Waals surface area (Å²) < 4.78 is 6.53. The average Bonchev–Trinajstić information content (AvgIpc) is 3.53. The Morgan fingerprint density at radius 2 is 0.656 bits per heavy atom. The van der Waals surface area contributed by atoms with Gasteiger partial charge in [0, 0.05) is 45.0 Å². The van der Waals surface area contributed by atoms with E-state index in [4.69, 9.17) is 4.42 Å². The highest BCUT2D eigenvalue weighted by Gasteiger charge is 2.37. The molecule has 168 valence electrons. The van der Waals surface area contributed by atoms with Crippen LogP contribution in [0.25, 0.3) is 0 Å². The second kappa shape index (κ2) is 6.34. The quantitative estimate of drug-likeness (QED) is 0.280. The van der Waals surface area contributed by atoms with Crippen LogP contribution in [0.5, 0.6) is 0 Å². The van der Waals surface area contributed by atoms with Gasteiger partial charge in [-0.2, -0.15) is 0 Å². The molecule has 0 aliphatic carbocycles. The van der Waals surface area contributed by atoms with Crippen LogP contribution in [-0.2, 0) is 21.7 Å². The van der Waals surface area contributed by atoms with Gasteiger partial charge >= 0.3 is 0 Å². The van der Waals surface area contributed by atoms with Gasteiger partial charge in [0.2, 0.25) is 0 Å². The van der Waals surface area contributed by atoms with Crippen LogP contribution in [0.4, 0.5) is 0 Å². The normalized spacial score (nSPS) is 20.2. The second-order valence-corrected chi connectivity index (χ2v) is 11.5. The summed E-state index contributed by atoms with van der Waals surface area (Å²) in [6.07, 6.45) is 0. The van der Waals surface area contributed by atoms with Crippen molar-refractivity contribution in [2.24, 2.45) is 0 Å². The molecular formula is C28H35N3O. The molecule has 0 saturated carbocycles.